The zero-order valence-corrected chi connectivity index (χ0v) is 20.1. The third-order valence-electron chi connectivity index (χ3n) is 4.51. The number of thioether (sulfide) groups is 1. The van der Waals surface area contributed by atoms with Crippen LogP contribution in [0.3, 0.4) is 0 Å². The second-order valence-electron chi connectivity index (χ2n) is 8.16. The standard InChI is InChI=1S/C23H32N2O3S2/c1-6-25(30(27,28)21-13-7-18(2)8-14-21)17-19-9-11-20(12-10-19)22(26)24-15-16-29-23(3,4)5/h7-14H,6,15-17H2,1-5H3,(H,24,26). The van der Waals surface area contributed by atoms with Crippen molar-refractivity contribution < 1.29 is 13.2 Å². The molecule has 5 nitrogen and oxygen atoms in total. The molecule has 0 unspecified atom stereocenters. The van der Waals surface area contributed by atoms with Crippen LogP contribution in [-0.4, -0.2) is 42.2 Å². The van der Waals surface area contributed by atoms with Crippen LogP contribution >= 0.6 is 11.8 Å². The van der Waals surface area contributed by atoms with Crippen molar-refractivity contribution >= 4 is 27.7 Å². The van der Waals surface area contributed by atoms with E-state index in [4.69, 9.17) is 0 Å². The molecule has 0 saturated heterocycles. The van der Waals surface area contributed by atoms with Crippen molar-refractivity contribution in [3.05, 3.63) is 65.2 Å². The van der Waals surface area contributed by atoms with Gasteiger partial charge < -0.3 is 5.32 Å². The maximum Gasteiger partial charge on any atom is 0.251 e. The first-order valence-corrected chi connectivity index (χ1v) is 12.5. The van der Waals surface area contributed by atoms with Crippen molar-refractivity contribution in [2.24, 2.45) is 0 Å². The molecule has 2 aromatic rings. The van der Waals surface area contributed by atoms with E-state index in [9.17, 15) is 13.2 Å². The highest BCUT2D eigenvalue weighted by Gasteiger charge is 2.23. The second-order valence-corrected chi connectivity index (χ2v) is 12.0. The molecule has 1 N–H and O–H groups in total. The minimum atomic E-state index is -3.57. The van der Waals surface area contributed by atoms with E-state index >= 15 is 0 Å². The lowest BCUT2D eigenvalue weighted by atomic mass is 10.1. The van der Waals surface area contributed by atoms with Gasteiger partial charge in [0, 0.05) is 35.7 Å². The highest BCUT2D eigenvalue weighted by molar-refractivity contribution is 8.00. The molecular weight excluding hydrogens is 416 g/mol. The second kappa shape index (κ2) is 10.5. The van der Waals surface area contributed by atoms with Crippen LogP contribution < -0.4 is 5.32 Å². The number of hydrogen-bond acceptors (Lipinski definition) is 4. The average Bonchev–Trinajstić information content (AvgIpc) is 2.69. The first kappa shape index (κ1) is 24.4. The Morgan fingerprint density at radius 1 is 1.03 bits per heavy atom. The van der Waals surface area contributed by atoms with E-state index in [2.05, 4.69) is 26.1 Å². The fourth-order valence-electron chi connectivity index (χ4n) is 2.82. The van der Waals surface area contributed by atoms with Gasteiger partial charge in [-0.25, -0.2) is 8.42 Å². The highest BCUT2D eigenvalue weighted by Crippen LogP contribution is 2.22. The lowest BCUT2D eigenvalue weighted by Gasteiger charge is -2.21. The third-order valence-corrected chi connectivity index (χ3v) is 7.72. The molecule has 30 heavy (non-hydrogen) atoms. The SMILES string of the molecule is CCN(Cc1ccc(C(=O)NCCSC(C)(C)C)cc1)S(=O)(=O)c1ccc(C)cc1. The van der Waals surface area contributed by atoms with E-state index in [-0.39, 0.29) is 17.2 Å². The maximum atomic E-state index is 12.9. The number of nitrogens with zero attached hydrogens (tertiary/aromatic N) is 1. The minimum Gasteiger partial charge on any atom is -0.351 e. The van der Waals surface area contributed by atoms with Gasteiger partial charge in [-0.1, -0.05) is 57.5 Å². The molecule has 0 saturated carbocycles. The molecule has 164 valence electrons. The van der Waals surface area contributed by atoms with E-state index in [0.717, 1.165) is 16.9 Å². The molecule has 1 amide bonds. The van der Waals surface area contributed by atoms with E-state index in [1.54, 1.807) is 48.2 Å². The molecule has 0 aliphatic heterocycles. The predicted octanol–water partition coefficient (Wildman–Crippen LogP) is 4.47. The van der Waals surface area contributed by atoms with Crippen molar-refractivity contribution in [1.29, 1.82) is 0 Å². The van der Waals surface area contributed by atoms with Gasteiger partial charge in [-0.3, -0.25) is 4.79 Å². The summed E-state index contributed by atoms with van der Waals surface area (Å²) in [5, 5.41) is 2.93. The molecule has 0 spiro atoms. The summed E-state index contributed by atoms with van der Waals surface area (Å²) in [7, 11) is -3.57. The monoisotopic (exact) mass is 448 g/mol. The van der Waals surface area contributed by atoms with Gasteiger partial charge in [0.15, 0.2) is 0 Å². The number of sulfonamides is 1. The Bertz CT molecular complexity index is 932. The number of rotatable bonds is 9. The third kappa shape index (κ3) is 7.15. The summed E-state index contributed by atoms with van der Waals surface area (Å²) >= 11 is 1.81. The number of carbonyl (C=O) groups excluding carboxylic acids is 1. The number of nitrogens with one attached hydrogen (secondary N) is 1. The number of hydrogen-bond donors (Lipinski definition) is 1. The molecule has 0 fully saturated rings. The fourth-order valence-corrected chi connectivity index (χ4v) is 5.07. The number of benzene rings is 2. The summed E-state index contributed by atoms with van der Waals surface area (Å²) < 4.78 is 27.5. The van der Waals surface area contributed by atoms with Crippen LogP contribution in [0, 0.1) is 6.92 Å². The van der Waals surface area contributed by atoms with Crippen molar-refractivity contribution in [1.82, 2.24) is 9.62 Å². The lowest BCUT2D eigenvalue weighted by molar-refractivity contribution is 0.0956. The number of carbonyl (C=O) groups is 1. The Hall–Kier alpha value is -1.83. The topological polar surface area (TPSA) is 66.5 Å². The molecule has 0 atom stereocenters. The van der Waals surface area contributed by atoms with Gasteiger partial charge in [0.1, 0.15) is 0 Å². The molecule has 7 heteroatoms. The van der Waals surface area contributed by atoms with E-state index < -0.39 is 10.0 Å². The summed E-state index contributed by atoms with van der Waals surface area (Å²) in [5.41, 5.74) is 2.43. The summed E-state index contributed by atoms with van der Waals surface area (Å²) in [5.74, 6) is 0.742. The largest absolute Gasteiger partial charge is 0.351 e. The van der Waals surface area contributed by atoms with Crippen LogP contribution in [0.2, 0.25) is 0 Å². The molecule has 2 aromatic carbocycles. The van der Waals surface area contributed by atoms with Gasteiger partial charge in [0.25, 0.3) is 5.91 Å². The van der Waals surface area contributed by atoms with Gasteiger partial charge in [-0.05, 0) is 36.8 Å². The summed E-state index contributed by atoms with van der Waals surface area (Å²) in [6, 6.07) is 14.0. The van der Waals surface area contributed by atoms with Crippen LogP contribution in [0.4, 0.5) is 0 Å². The average molecular weight is 449 g/mol. The van der Waals surface area contributed by atoms with Crippen LogP contribution in [0.5, 0.6) is 0 Å². The van der Waals surface area contributed by atoms with Crippen LogP contribution in [0.25, 0.3) is 0 Å². The number of amides is 1. The smallest absolute Gasteiger partial charge is 0.251 e. The zero-order valence-electron chi connectivity index (χ0n) is 18.4. The Morgan fingerprint density at radius 3 is 2.17 bits per heavy atom. The predicted molar refractivity (Wildman–Crippen MR) is 125 cm³/mol. The molecular formula is C23H32N2O3S2. The molecule has 0 aliphatic rings. The van der Waals surface area contributed by atoms with Crippen LogP contribution in [-0.2, 0) is 16.6 Å². The summed E-state index contributed by atoms with van der Waals surface area (Å²) in [6.45, 7) is 11.4. The van der Waals surface area contributed by atoms with Gasteiger partial charge in [-0.2, -0.15) is 16.1 Å². The lowest BCUT2D eigenvalue weighted by Crippen LogP contribution is -2.30. The Balaban J connectivity index is 1.99. The van der Waals surface area contributed by atoms with Crippen LogP contribution in [0.1, 0.15) is 49.2 Å². The Kier molecular flexibility index (Phi) is 8.52. The van der Waals surface area contributed by atoms with E-state index in [1.165, 1.54) is 4.31 Å². The molecule has 0 bridgehead atoms. The van der Waals surface area contributed by atoms with E-state index in [0.29, 0.717) is 23.5 Å². The zero-order chi connectivity index (χ0) is 22.4. The molecule has 2 rings (SSSR count). The van der Waals surface area contributed by atoms with Crippen LogP contribution in [0.15, 0.2) is 53.4 Å². The maximum absolute atomic E-state index is 12.9. The summed E-state index contributed by atoms with van der Waals surface area (Å²) in [6.07, 6.45) is 0. The van der Waals surface area contributed by atoms with Gasteiger partial charge in [-0.15, -0.1) is 0 Å². The Labute approximate surface area is 185 Å². The van der Waals surface area contributed by atoms with Gasteiger partial charge in [0.2, 0.25) is 10.0 Å². The molecule has 0 heterocycles. The minimum absolute atomic E-state index is 0.115. The van der Waals surface area contributed by atoms with Crippen molar-refractivity contribution in [3.8, 4) is 0 Å². The fraction of sp³-hybridized carbons (Fsp3) is 0.435. The van der Waals surface area contributed by atoms with Crippen molar-refractivity contribution in [3.63, 3.8) is 0 Å². The van der Waals surface area contributed by atoms with Gasteiger partial charge in [0.05, 0.1) is 4.90 Å². The van der Waals surface area contributed by atoms with Gasteiger partial charge >= 0.3 is 0 Å². The first-order valence-electron chi connectivity index (χ1n) is 10.1. The van der Waals surface area contributed by atoms with E-state index in [1.807, 2.05) is 26.0 Å². The quantitative estimate of drug-likeness (QED) is 0.575. The molecule has 0 radical (unpaired) electrons. The summed E-state index contributed by atoms with van der Waals surface area (Å²) in [4.78, 5) is 12.6. The molecule has 0 aromatic heterocycles. The first-order chi connectivity index (χ1) is 14.0. The highest BCUT2D eigenvalue weighted by atomic mass is 32.2. The van der Waals surface area contributed by atoms with Crippen molar-refractivity contribution in [2.75, 3.05) is 18.8 Å². The normalized spacial score (nSPS) is 12.2. The number of aryl methyl sites for hydroxylation is 1. The van der Waals surface area contributed by atoms with Crippen molar-refractivity contribution in [2.45, 2.75) is 50.8 Å². The molecule has 0 aliphatic carbocycles. The Morgan fingerprint density at radius 2 is 1.63 bits per heavy atom.